The van der Waals surface area contributed by atoms with Gasteiger partial charge in [-0.3, -0.25) is 20.4 Å². The van der Waals surface area contributed by atoms with Gasteiger partial charge in [-0.25, -0.2) is 0 Å². The number of nitrogens with one attached hydrogen (secondary N) is 2. The third-order valence-corrected chi connectivity index (χ3v) is 4.45. The first-order chi connectivity index (χ1) is 11.0. The van der Waals surface area contributed by atoms with Gasteiger partial charge in [-0.05, 0) is 56.9 Å². The van der Waals surface area contributed by atoms with Crippen LogP contribution in [0.2, 0.25) is 0 Å². The topological polar surface area (TPSA) is 67.4 Å². The van der Waals surface area contributed by atoms with Gasteiger partial charge in [-0.2, -0.15) is 0 Å². The molecule has 2 amide bonds. The van der Waals surface area contributed by atoms with Crippen LogP contribution in [0.25, 0.3) is 0 Å². The summed E-state index contributed by atoms with van der Waals surface area (Å²) >= 11 is 0. The molecular formula is C18H26N2O3. The molecule has 1 fully saturated rings. The van der Waals surface area contributed by atoms with Crippen LogP contribution in [-0.4, -0.2) is 17.9 Å². The highest BCUT2D eigenvalue weighted by molar-refractivity contribution is 5.85. The fourth-order valence-electron chi connectivity index (χ4n) is 2.74. The number of benzene rings is 1. The molecule has 5 nitrogen and oxygen atoms in total. The molecule has 5 heteroatoms. The second kappa shape index (κ2) is 7.99. The molecule has 23 heavy (non-hydrogen) atoms. The largest absolute Gasteiger partial charge is 0.481 e. The number of rotatable bonds is 4. The predicted octanol–water partition coefficient (Wildman–Crippen LogP) is 2.80. The summed E-state index contributed by atoms with van der Waals surface area (Å²) in [5.41, 5.74) is 7.27. The zero-order valence-electron chi connectivity index (χ0n) is 14.1. The van der Waals surface area contributed by atoms with Crippen molar-refractivity contribution >= 4 is 11.8 Å². The number of carbonyl (C=O) groups excluding carboxylic acids is 2. The molecule has 1 aliphatic carbocycles. The average molecular weight is 318 g/mol. The number of aryl methyl sites for hydroxylation is 2. The highest BCUT2D eigenvalue weighted by Crippen LogP contribution is 2.23. The zero-order valence-corrected chi connectivity index (χ0v) is 14.1. The lowest BCUT2D eigenvalue weighted by Crippen LogP contribution is -2.49. The fraction of sp³-hybridized carbons (Fsp3) is 0.556. The maximum absolute atomic E-state index is 12.0. The first-order valence-electron chi connectivity index (χ1n) is 8.31. The van der Waals surface area contributed by atoms with Crippen molar-refractivity contribution in [1.29, 1.82) is 0 Å². The van der Waals surface area contributed by atoms with Crippen molar-refractivity contribution in [3.63, 3.8) is 0 Å². The lowest BCUT2D eigenvalue weighted by molar-refractivity contribution is -0.134. The minimum absolute atomic E-state index is 0.0139. The molecule has 0 bridgehead atoms. The Morgan fingerprint density at radius 1 is 1.09 bits per heavy atom. The Balaban J connectivity index is 1.80. The van der Waals surface area contributed by atoms with Crippen LogP contribution in [0.3, 0.4) is 0 Å². The number of ether oxygens (including phenoxy) is 1. The van der Waals surface area contributed by atoms with Gasteiger partial charge in [0.2, 0.25) is 5.91 Å². The van der Waals surface area contributed by atoms with E-state index in [-0.39, 0.29) is 17.7 Å². The van der Waals surface area contributed by atoms with Gasteiger partial charge in [0.1, 0.15) is 5.75 Å². The molecule has 1 aromatic carbocycles. The van der Waals surface area contributed by atoms with Crippen LogP contribution in [0.1, 0.15) is 50.2 Å². The minimum Gasteiger partial charge on any atom is -0.481 e. The Bertz CT molecular complexity index is 565. The molecule has 1 unspecified atom stereocenters. The Morgan fingerprint density at radius 3 is 2.43 bits per heavy atom. The Labute approximate surface area is 137 Å². The summed E-state index contributed by atoms with van der Waals surface area (Å²) in [6, 6.07) is 5.70. The third-order valence-electron chi connectivity index (χ3n) is 4.45. The lowest BCUT2D eigenvalue weighted by atomic mass is 9.89. The first-order valence-corrected chi connectivity index (χ1v) is 8.31. The number of carbonyl (C=O) groups is 2. The summed E-state index contributed by atoms with van der Waals surface area (Å²) in [6.07, 6.45) is 4.48. The van der Waals surface area contributed by atoms with E-state index >= 15 is 0 Å². The van der Waals surface area contributed by atoms with Crippen LogP contribution in [0.15, 0.2) is 18.2 Å². The summed E-state index contributed by atoms with van der Waals surface area (Å²) in [7, 11) is 0. The van der Waals surface area contributed by atoms with Crippen molar-refractivity contribution in [3.8, 4) is 5.75 Å². The van der Waals surface area contributed by atoms with Crippen LogP contribution in [-0.2, 0) is 9.59 Å². The van der Waals surface area contributed by atoms with E-state index in [4.69, 9.17) is 4.74 Å². The van der Waals surface area contributed by atoms with Crippen molar-refractivity contribution in [2.24, 2.45) is 5.92 Å². The number of hydrogen-bond donors (Lipinski definition) is 2. The first kappa shape index (κ1) is 17.3. The van der Waals surface area contributed by atoms with Crippen molar-refractivity contribution in [1.82, 2.24) is 10.9 Å². The molecule has 0 saturated heterocycles. The van der Waals surface area contributed by atoms with Gasteiger partial charge in [0.15, 0.2) is 6.10 Å². The lowest BCUT2D eigenvalue weighted by Gasteiger charge is -2.21. The molecule has 1 saturated carbocycles. The maximum Gasteiger partial charge on any atom is 0.279 e. The highest BCUT2D eigenvalue weighted by Gasteiger charge is 2.22. The fourth-order valence-corrected chi connectivity index (χ4v) is 2.74. The molecule has 0 heterocycles. The number of hydrazine groups is 1. The molecule has 2 rings (SSSR count). The summed E-state index contributed by atoms with van der Waals surface area (Å²) < 4.78 is 5.63. The van der Waals surface area contributed by atoms with Gasteiger partial charge in [-0.15, -0.1) is 0 Å². The molecule has 1 aromatic rings. The van der Waals surface area contributed by atoms with Crippen LogP contribution in [0.5, 0.6) is 5.75 Å². The number of hydrogen-bond acceptors (Lipinski definition) is 3. The van der Waals surface area contributed by atoms with E-state index < -0.39 is 6.10 Å². The van der Waals surface area contributed by atoms with E-state index in [2.05, 4.69) is 10.9 Å². The highest BCUT2D eigenvalue weighted by atomic mass is 16.5. The average Bonchev–Trinajstić information content (AvgIpc) is 2.56. The smallest absolute Gasteiger partial charge is 0.279 e. The summed E-state index contributed by atoms with van der Waals surface area (Å²) in [5.74, 6) is 0.207. The van der Waals surface area contributed by atoms with Gasteiger partial charge in [0.25, 0.3) is 5.91 Å². The summed E-state index contributed by atoms with van der Waals surface area (Å²) in [4.78, 5) is 24.0. The molecule has 0 aromatic heterocycles. The molecular weight excluding hydrogens is 292 g/mol. The number of amides is 2. The van der Waals surface area contributed by atoms with Crippen LogP contribution >= 0.6 is 0 Å². The quantitative estimate of drug-likeness (QED) is 0.839. The zero-order chi connectivity index (χ0) is 16.8. The second-order valence-corrected chi connectivity index (χ2v) is 6.32. The van der Waals surface area contributed by atoms with Crippen molar-refractivity contribution in [2.75, 3.05) is 0 Å². The molecule has 0 radical (unpaired) electrons. The molecule has 2 N–H and O–H groups in total. The Kier molecular flexibility index (Phi) is 6.02. The maximum atomic E-state index is 12.0. The van der Waals surface area contributed by atoms with Crippen molar-refractivity contribution < 1.29 is 14.3 Å². The molecule has 1 atom stereocenters. The van der Waals surface area contributed by atoms with E-state index in [1.54, 1.807) is 6.92 Å². The summed E-state index contributed by atoms with van der Waals surface area (Å²) in [6.45, 7) is 5.69. The van der Waals surface area contributed by atoms with Gasteiger partial charge in [-0.1, -0.05) is 25.3 Å². The van der Waals surface area contributed by atoms with E-state index in [1.165, 1.54) is 12.0 Å². The molecule has 126 valence electrons. The SMILES string of the molecule is Cc1ccc(OC(C)C(=O)NNC(=O)C2CCCCC2)cc1C. The van der Waals surface area contributed by atoms with E-state index in [0.29, 0.717) is 5.75 Å². The summed E-state index contributed by atoms with van der Waals surface area (Å²) in [5, 5.41) is 0. The molecule has 1 aliphatic rings. The normalized spacial score (nSPS) is 16.5. The monoisotopic (exact) mass is 318 g/mol. The van der Waals surface area contributed by atoms with Crippen LogP contribution in [0, 0.1) is 19.8 Å². The molecule has 0 spiro atoms. The van der Waals surface area contributed by atoms with Gasteiger partial charge in [0.05, 0.1) is 0 Å². The minimum atomic E-state index is -0.677. The van der Waals surface area contributed by atoms with Crippen LogP contribution < -0.4 is 15.6 Å². The van der Waals surface area contributed by atoms with E-state index in [9.17, 15) is 9.59 Å². The van der Waals surface area contributed by atoms with Crippen molar-refractivity contribution in [3.05, 3.63) is 29.3 Å². The Morgan fingerprint density at radius 2 is 1.78 bits per heavy atom. The van der Waals surface area contributed by atoms with E-state index in [0.717, 1.165) is 31.2 Å². The molecule has 0 aliphatic heterocycles. The van der Waals surface area contributed by atoms with Crippen LogP contribution in [0.4, 0.5) is 0 Å². The third kappa shape index (κ3) is 4.98. The Hall–Kier alpha value is -2.04. The van der Waals surface area contributed by atoms with Gasteiger partial charge < -0.3 is 4.74 Å². The second-order valence-electron chi connectivity index (χ2n) is 6.32. The standard InChI is InChI=1S/C18H26N2O3/c1-12-9-10-16(11-13(12)2)23-14(3)17(21)19-20-18(22)15-7-5-4-6-8-15/h9-11,14-15H,4-8H2,1-3H3,(H,19,21)(H,20,22). The predicted molar refractivity (Wildman–Crippen MR) is 88.9 cm³/mol. The van der Waals surface area contributed by atoms with E-state index in [1.807, 2.05) is 32.0 Å². The van der Waals surface area contributed by atoms with Crippen molar-refractivity contribution in [2.45, 2.75) is 59.0 Å². The van der Waals surface area contributed by atoms with Gasteiger partial charge >= 0.3 is 0 Å². The van der Waals surface area contributed by atoms with Gasteiger partial charge in [0, 0.05) is 5.92 Å².